The van der Waals surface area contributed by atoms with Crippen molar-refractivity contribution in [1.29, 1.82) is 0 Å². The number of carbonyl (C=O) groups excluding carboxylic acids is 1. The molecule has 5 heteroatoms. The first kappa shape index (κ1) is 10.3. The van der Waals surface area contributed by atoms with Gasteiger partial charge in [-0.15, -0.1) is 0 Å². The van der Waals surface area contributed by atoms with Crippen molar-refractivity contribution in [2.24, 2.45) is 5.73 Å². The first-order valence-corrected chi connectivity index (χ1v) is 3.36. The minimum atomic E-state index is -1.53. The Morgan fingerprint density at radius 2 is 2.18 bits per heavy atom. The molecular formula is C6H13NO4. The molecule has 0 aliphatic heterocycles. The maximum absolute atomic E-state index is 10.7. The van der Waals surface area contributed by atoms with Crippen molar-refractivity contribution in [3.63, 3.8) is 0 Å². The number of aliphatic hydroxyl groups excluding tert-OH is 2. The van der Waals surface area contributed by atoms with Gasteiger partial charge >= 0.3 is 5.97 Å². The minimum Gasteiger partial charge on any atom is -0.464 e. The lowest BCUT2D eigenvalue weighted by Crippen LogP contribution is -2.40. The van der Waals surface area contributed by atoms with Crippen molar-refractivity contribution >= 4 is 5.97 Å². The van der Waals surface area contributed by atoms with E-state index in [1.54, 1.807) is 6.92 Å². The average Bonchev–Trinajstić information content (AvgIpc) is 2.02. The molecule has 0 rings (SSSR count). The number of hydrogen-bond acceptors (Lipinski definition) is 5. The van der Waals surface area contributed by atoms with E-state index in [1.807, 2.05) is 0 Å². The number of rotatable bonds is 4. The van der Waals surface area contributed by atoms with Crippen LogP contribution in [-0.2, 0) is 9.53 Å². The Morgan fingerprint density at radius 3 is 2.55 bits per heavy atom. The molecule has 0 aliphatic rings. The van der Waals surface area contributed by atoms with E-state index in [4.69, 9.17) is 15.9 Å². The van der Waals surface area contributed by atoms with Gasteiger partial charge in [0.1, 0.15) is 6.10 Å². The highest BCUT2D eigenvalue weighted by Crippen LogP contribution is 1.94. The highest BCUT2D eigenvalue weighted by molar-refractivity contribution is 5.75. The van der Waals surface area contributed by atoms with Crippen LogP contribution in [-0.4, -0.2) is 41.5 Å². The zero-order chi connectivity index (χ0) is 8.85. The van der Waals surface area contributed by atoms with Gasteiger partial charge in [0, 0.05) is 6.54 Å². The summed E-state index contributed by atoms with van der Waals surface area (Å²) in [6.07, 6.45) is -2.77. The van der Waals surface area contributed by atoms with Crippen molar-refractivity contribution in [1.82, 2.24) is 0 Å². The predicted molar refractivity (Wildman–Crippen MR) is 37.7 cm³/mol. The summed E-state index contributed by atoms with van der Waals surface area (Å²) in [7, 11) is 0. The number of aliphatic hydroxyl groups is 2. The molecule has 4 N–H and O–H groups in total. The van der Waals surface area contributed by atoms with Crippen LogP contribution in [0.1, 0.15) is 6.92 Å². The summed E-state index contributed by atoms with van der Waals surface area (Å²) in [5.74, 6) is -0.842. The molecule has 0 aliphatic carbocycles. The van der Waals surface area contributed by atoms with Gasteiger partial charge in [-0.1, -0.05) is 0 Å². The molecule has 0 saturated heterocycles. The summed E-state index contributed by atoms with van der Waals surface area (Å²) in [6, 6.07) is 0. The molecule has 0 unspecified atom stereocenters. The first-order chi connectivity index (χ1) is 5.13. The standard InChI is InChI=1S/C6H13NO4/c1-2-11-6(10)5(9)4(8)3-7/h4-5,8-9H,2-3,7H2,1H3/t4-,5-/m0/s1. The third-order valence-electron chi connectivity index (χ3n) is 1.13. The molecule has 0 radical (unpaired) electrons. The van der Waals surface area contributed by atoms with Crippen LogP contribution in [0.25, 0.3) is 0 Å². The van der Waals surface area contributed by atoms with Gasteiger partial charge in [-0.2, -0.15) is 0 Å². The lowest BCUT2D eigenvalue weighted by molar-refractivity contribution is -0.158. The van der Waals surface area contributed by atoms with E-state index in [9.17, 15) is 4.79 Å². The fraction of sp³-hybridized carbons (Fsp3) is 0.833. The van der Waals surface area contributed by atoms with E-state index >= 15 is 0 Å². The highest BCUT2D eigenvalue weighted by Gasteiger charge is 2.23. The Labute approximate surface area is 64.8 Å². The van der Waals surface area contributed by atoms with E-state index in [2.05, 4.69) is 4.74 Å². The number of ether oxygens (including phenoxy) is 1. The van der Waals surface area contributed by atoms with E-state index < -0.39 is 18.2 Å². The van der Waals surface area contributed by atoms with Crippen LogP contribution in [0.15, 0.2) is 0 Å². The Morgan fingerprint density at radius 1 is 1.64 bits per heavy atom. The van der Waals surface area contributed by atoms with Crippen LogP contribution in [0.2, 0.25) is 0 Å². The third-order valence-corrected chi connectivity index (χ3v) is 1.13. The fourth-order valence-corrected chi connectivity index (χ4v) is 0.514. The topological polar surface area (TPSA) is 92.8 Å². The van der Waals surface area contributed by atoms with Gasteiger partial charge in [-0.3, -0.25) is 0 Å². The molecule has 0 aromatic rings. The second-order valence-electron chi connectivity index (χ2n) is 2.00. The van der Waals surface area contributed by atoms with E-state index in [1.165, 1.54) is 0 Å². The maximum atomic E-state index is 10.7. The first-order valence-electron chi connectivity index (χ1n) is 3.36. The number of carbonyl (C=O) groups is 1. The fourth-order valence-electron chi connectivity index (χ4n) is 0.514. The summed E-state index contributed by atoms with van der Waals surface area (Å²) in [4.78, 5) is 10.7. The molecule has 66 valence electrons. The van der Waals surface area contributed by atoms with E-state index in [0.717, 1.165) is 0 Å². The summed E-state index contributed by atoms with van der Waals surface area (Å²) in [6.45, 7) is 1.62. The molecule has 5 nitrogen and oxygen atoms in total. The normalized spacial score (nSPS) is 15.6. The zero-order valence-corrected chi connectivity index (χ0v) is 6.36. The van der Waals surface area contributed by atoms with Gasteiger partial charge in [-0.05, 0) is 6.92 Å². The molecule has 2 atom stereocenters. The number of hydrogen-bond donors (Lipinski definition) is 3. The molecule has 0 heterocycles. The van der Waals surface area contributed by atoms with Crippen molar-refractivity contribution in [3.05, 3.63) is 0 Å². The van der Waals surface area contributed by atoms with E-state index in [0.29, 0.717) is 0 Å². The summed E-state index contributed by atoms with van der Waals surface area (Å²) in [5.41, 5.74) is 4.99. The summed E-state index contributed by atoms with van der Waals surface area (Å²) < 4.78 is 4.42. The Kier molecular flexibility index (Phi) is 4.76. The average molecular weight is 163 g/mol. The van der Waals surface area contributed by atoms with Crippen molar-refractivity contribution in [2.75, 3.05) is 13.2 Å². The molecule has 0 spiro atoms. The van der Waals surface area contributed by atoms with Crippen LogP contribution in [0.4, 0.5) is 0 Å². The molecule has 0 bridgehead atoms. The molecule has 0 amide bonds. The van der Waals surface area contributed by atoms with Crippen LogP contribution >= 0.6 is 0 Å². The second kappa shape index (κ2) is 5.06. The highest BCUT2D eigenvalue weighted by atomic mass is 16.5. The van der Waals surface area contributed by atoms with Gasteiger partial charge in [0.2, 0.25) is 0 Å². The molecular weight excluding hydrogens is 150 g/mol. The third kappa shape index (κ3) is 3.31. The quantitative estimate of drug-likeness (QED) is 0.426. The maximum Gasteiger partial charge on any atom is 0.337 e. The molecule has 11 heavy (non-hydrogen) atoms. The summed E-state index contributed by atoms with van der Waals surface area (Å²) >= 11 is 0. The zero-order valence-electron chi connectivity index (χ0n) is 6.36. The van der Waals surface area contributed by atoms with Crippen molar-refractivity contribution in [3.8, 4) is 0 Å². The lowest BCUT2D eigenvalue weighted by atomic mass is 10.2. The second-order valence-corrected chi connectivity index (χ2v) is 2.00. The Balaban J connectivity index is 3.80. The van der Waals surface area contributed by atoms with Gasteiger partial charge in [0.25, 0.3) is 0 Å². The molecule has 0 aromatic heterocycles. The SMILES string of the molecule is CCOC(=O)[C@@H](O)[C@@H](O)CN. The van der Waals surface area contributed by atoms with Gasteiger partial charge < -0.3 is 20.7 Å². The van der Waals surface area contributed by atoms with Gasteiger partial charge in [-0.25, -0.2) is 4.79 Å². The molecule has 0 fully saturated rings. The predicted octanol–water partition coefficient (Wildman–Crippen LogP) is -1.77. The monoisotopic (exact) mass is 163 g/mol. The minimum absolute atomic E-state index is 0.167. The molecule has 0 saturated carbocycles. The smallest absolute Gasteiger partial charge is 0.337 e. The number of nitrogens with two attached hydrogens (primary N) is 1. The van der Waals surface area contributed by atoms with Gasteiger partial charge in [0.15, 0.2) is 6.10 Å². The van der Waals surface area contributed by atoms with Crippen LogP contribution in [0.3, 0.4) is 0 Å². The van der Waals surface area contributed by atoms with Crippen LogP contribution in [0.5, 0.6) is 0 Å². The Bertz CT molecular complexity index is 128. The van der Waals surface area contributed by atoms with E-state index in [-0.39, 0.29) is 13.2 Å². The van der Waals surface area contributed by atoms with Gasteiger partial charge in [0.05, 0.1) is 6.61 Å². The molecule has 0 aromatic carbocycles. The van der Waals surface area contributed by atoms with Crippen LogP contribution in [0, 0.1) is 0 Å². The lowest BCUT2D eigenvalue weighted by Gasteiger charge is -2.13. The summed E-state index contributed by atoms with van der Waals surface area (Å²) in [5, 5.41) is 17.8. The largest absolute Gasteiger partial charge is 0.464 e. The van der Waals surface area contributed by atoms with Crippen molar-refractivity contribution < 1.29 is 19.7 Å². The number of esters is 1. The van der Waals surface area contributed by atoms with Crippen LogP contribution < -0.4 is 5.73 Å². The Hall–Kier alpha value is -0.650. The van der Waals surface area contributed by atoms with Crippen molar-refractivity contribution in [2.45, 2.75) is 19.1 Å².